The van der Waals surface area contributed by atoms with Crippen LogP contribution < -0.4 is 10.2 Å². The summed E-state index contributed by atoms with van der Waals surface area (Å²) < 4.78 is 5.38. The lowest BCUT2D eigenvalue weighted by atomic mass is 9.88. The predicted molar refractivity (Wildman–Crippen MR) is 84.7 cm³/mol. The third-order valence-electron chi connectivity index (χ3n) is 4.47. The number of hydrogen-bond acceptors (Lipinski definition) is 3. The fourth-order valence-electron chi connectivity index (χ4n) is 3.21. The summed E-state index contributed by atoms with van der Waals surface area (Å²) in [5.74, 6) is 0.389. The number of ether oxygens (including phenoxy) is 1. The average molecular weight is 288 g/mol. The Bertz CT molecular complexity index is 477. The van der Waals surface area contributed by atoms with Gasteiger partial charge in [-0.05, 0) is 31.0 Å². The number of nitrogens with zero attached hydrogens (tertiary/aromatic N) is 1. The third-order valence-corrected chi connectivity index (χ3v) is 4.47. The number of anilines is 2. The number of carbonyl (C=O) groups is 1. The molecule has 2 aliphatic rings. The smallest absolute Gasteiger partial charge is 0.227 e. The Morgan fingerprint density at radius 1 is 1.14 bits per heavy atom. The van der Waals surface area contributed by atoms with Crippen molar-refractivity contribution in [2.75, 3.05) is 36.5 Å². The molecule has 1 saturated heterocycles. The minimum atomic E-state index is 0.189. The van der Waals surface area contributed by atoms with Gasteiger partial charge in [-0.3, -0.25) is 4.79 Å². The molecule has 0 radical (unpaired) electrons. The Labute approximate surface area is 126 Å². The highest BCUT2D eigenvalue weighted by atomic mass is 16.5. The quantitative estimate of drug-likeness (QED) is 0.929. The molecule has 1 aromatic rings. The van der Waals surface area contributed by atoms with E-state index in [0.29, 0.717) is 0 Å². The van der Waals surface area contributed by atoms with Crippen molar-refractivity contribution < 1.29 is 9.53 Å². The maximum atomic E-state index is 12.3. The highest BCUT2D eigenvalue weighted by Gasteiger charge is 2.21. The first kappa shape index (κ1) is 14.4. The molecule has 1 aliphatic carbocycles. The molecule has 1 amide bonds. The lowest BCUT2D eigenvalue weighted by Crippen LogP contribution is -2.36. The largest absolute Gasteiger partial charge is 0.378 e. The number of benzene rings is 1. The van der Waals surface area contributed by atoms with Gasteiger partial charge in [0.25, 0.3) is 0 Å². The summed E-state index contributed by atoms with van der Waals surface area (Å²) in [7, 11) is 0. The molecular weight excluding hydrogens is 264 g/mol. The molecule has 1 saturated carbocycles. The molecule has 114 valence electrons. The second-order valence-electron chi connectivity index (χ2n) is 5.97. The number of morpholine rings is 1. The third kappa shape index (κ3) is 3.76. The second kappa shape index (κ2) is 6.94. The zero-order chi connectivity index (χ0) is 14.5. The first-order valence-electron chi connectivity index (χ1n) is 8.06. The summed E-state index contributed by atoms with van der Waals surface area (Å²) in [5, 5.41) is 3.09. The zero-order valence-corrected chi connectivity index (χ0v) is 12.5. The van der Waals surface area contributed by atoms with Crippen LogP contribution in [0, 0.1) is 5.92 Å². The highest BCUT2D eigenvalue weighted by molar-refractivity contribution is 5.93. The molecular formula is C17H24N2O2. The van der Waals surface area contributed by atoms with E-state index in [0.717, 1.165) is 44.8 Å². The zero-order valence-electron chi connectivity index (χ0n) is 12.5. The summed E-state index contributed by atoms with van der Waals surface area (Å²) in [5.41, 5.74) is 2.08. The monoisotopic (exact) mass is 288 g/mol. The molecule has 4 nitrogen and oxygen atoms in total. The summed E-state index contributed by atoms with van der Waals surface area (Å²) >= 11 is 0. The van der Waals surface area contributed by atoms with E-state index in [1.807, 2.05) is 12.1 Å². The normalized spacial score (nSPS) is 20.3. The molecule has 1 aromatic carbocycles. The molecule has 0 bridgehead atoms. The molecule has 1 aliphatic heterocycles. The second-order valence-corrected chi connectivity index (χ2v) is 5.97. The van der Waals surface area contributed by atoms with Gasteiger partial charge in [-0.15, -0.1) is 0 Å². The van der Waals surface area contributed by atoms with Crippen molar-refractivity contribution in [3.8, 4) is 0 Å². The Morgan fingerprint density at radius 3 is 2.67 bits per heavy atom. The fourth-order valence-corrected chi connectivity index (χ4v) is 3.21. The standard InChI is InChI=1S/C17H24N2O2/c20-17(14-5-2-1-3-6-14)18-15-7-4-8-16(13-15)19-9-11-21-12-10-19/h4,7-8,13-14H,1-3,5-6,9-12H2,(H,18,20). The first-order valence-corrected chi connectivity index (χ1v) is 8.06. The predicted octanol–water partition coefficient (Wildman–Crippen LogP) is 3.04. The minimum Gasteiger partial charge on any atom is -0.378 e. The Morgan fingerprint density at radius 2 is 1.90 bits per heavy atom. The number of amides is 1. The fraction of sp³-hybridized carbons (Fsp3) is 0.588. The van der Waals surface area contributed by atoms with E-state index < -0.39 is 0 Å². The van der Waals surface area contributed by atoms with Crippen molar-refractivity contribution in [1.29, 1.82) is 0 Å². The van der Waals surface area contributed by atoms with Gasteiger partial charge >= 0.3 is 0 Å². The Hall–Kier alpha value is -1.55. The van der Waals surface area contributed by atoms with Gasteiger partial charge < -0.3 is 15.0 Å². The summed E-state index contributed by atoms with van der Waals surface area (Å²) in [6.45, 7) is 3.39. The number of hydrogen-bond donors (Lipinski definition) is 1. The Balaban J connectivity index is 1.63. The van der Waals surface area contributed by atoms with E-state index in [1.54, 1.807) is 0 Å². The first-order chi connectivity index (χ1) is 10.3. The van der Waals surface area contributed by atoms with Gasteiger partial charge in [-0.25, -0.2) is 0 Å². The number of nitrogens with one attached hydrogen (secondary N) is 1. The number of rotatable bonds is 3. The lowest BCUT2D eigenvalue weighted by Gasteiger charge is -2.29. The van der Waals surface area contributed by atoms with Crippen LogP contribution in [0.25, 0.3) is 0 Å². The molecule has 0 aromatic heterocycles. The van der Waals surface area contributed by atoms with Gasteiger partial charge in [0.05, 0.1) is 13.2 Å². The van der Waals surface area contributed by atoms with Gasteiger partial charge in [-0.1, -0.05) is 25.3 Å². The SMILES string of the molecule is O=C(Nc1cccc(N2CCOCC2)c1)C1CCCCC1. The summed E-state index contributed by atoms with van der Waals surface area (Å²) in [6.07, 6.45) is 5.72. The van der Waals surface area contributed by atoms with Crippen LogP contribution in [0.5, 0.6) is 0 Å². The highest BCUT2D eigenvalue weighted by Crippen LogP contribution is 2.26. The van der Waals surface area contributed by atoms with Crippen molar-refractivity contribution in [3.05, 3.63) is 24.3 Å². The minimum absolute atomic E-state index is 0.189. The van der Waals surface area contributed by atoms with E-state index in [1.165, 1.54) is 24.9 Å². The molecule has 21 heavy (non-hydrogen) atoms. The van der Waals surface area contributed by atoms with Crippen LogP contribution in [0.1, 0.15) is 32.1 Å². The van der Waals surface area contributed by atoms with Crippen molar-refractivity contribution >= 4 is 17.3 Å². The van der Waals surface area contributed by atoms with Crippen LogP contribution in [0.3, 0.4) is 0 Å². The molecule has 0 unspecified atom stereocenters. The Kier molecular flexibility index (Phi) is 4.76. The topological polar surface area (TPSA) is 41.6 Å². The van der Waals surface area contributed by atoms with Gasteiger partial charge in [0.15, 0.2) is 0 Å². The van der Waals surface area contributed by atoms with E-state index >= 15 is 0 Å². The van der Waals surface area contributed by atoms with Gasteiger partial charge in [0, 0.05) is 30.4 Å². The van der Waals surface area contributed by atoms with Crippen LogP contribution in [0.4, 0.5) is 11.4 Å². The van der Waals surface area contributed by atoms with E-state index in [9.17, 15) is 4.79 Å². The van der Waals surface area contributed by atoms with Crippen molar-refractivity contribution in [1.82, 2.24) is 0 Å². The molecule has 2 fully saturated rings. The van der Waals surface area contributed by atoms with Gasteiger partial charge in [0.2, 0.25) is 5.91 Å². The van der Waals surface area contributed by atoms with E-state index in [4.69, 9.17) is 4.74 Å². The van der Waals surface area contributed by atoms with E-state index in [2.05, 4.69) is 22.3 Å². The van der Waals surface area contributed by atoms with Crippen LogP contribution in [0.15, 0.2) is 24.3 Å². The average Bonchev–Trinajstić information content (AvgIpc) is 2.57. The lowest BCUT2D eigenvalue weighted by molar-refractivity contribution is -0.120. The van der Waals surface area contributed by atoms with Crippen LogP contribution in [-0.4, -0.2) is 32.2 Å². The molecule has 4 heteroatoms. The van der Waals surface area contributed by atoms with Crippen LogP contribution in [0.2, 0.25) is 0 Å². The molecule has 0 atom stereocenters. The molecule has 0 spiro atoms. The number of carbonyl (C=O) groups excluding carboxylic acids is 1. The molecule has 3 rings (SSSR count). The maximum Gasteiger partial charge on any atom is 0.227 e. The summed E-state index contributed by atoms with van der Waals surface area (Å²) in [6, 6.07) is 8.17. The van der Waals surface area contributed by atoms with E-state index in [-0.39, 0.29) is 11.8 Å². The van der Waals surface area contributed by atoms with Crippen LogP contribution >= 0.6 is 0 Å². The summed E-state index contributed by atoms with van der Waals surface area (Å²) in [4.78, 5) is 14.6. The van der Waals surface area contributed by atoms with Crippen molar-refractivity contribution in [2.45, 2.75) is 32.1 Å². The molecule has 1 N–H and O–H groups in total. The molecule has 1 heterocycles. The van der Waals surface area contributed by atoms with Gasteiger partial charge in [-0.2, -0.15) is 0 Å². The van der Waals surface area contributed by atoms with Gasteiger partial charge in [0.1, 0.15) is 0 Å². The van der Waals surface area contributed by atoms with Crippen molar-refractivity contribution in [3.63, 3.8) is 0 Å². The maximum absolute atomic E-state index is 12.3. The van der Waals surface area contributed by atoms with Crippen molar-refractivity contribution in [2.24, 2.45) is 5.92 Å². The van der Waals surface area contributed by atoms with Crippen LogP contribution in [-0.2, 0) is 9.53 Å².